The quantitative estimate of drug-likeness (QED) is 0.511. The molecule has 0 bridgehead atoms. The lowest BCUT2D eigenvalue weighted by molar-refractivity contribution is -0.389. The van der Waals surface area contributed by atoms with Crippen molar-refractivity contribution in [2.45, 2.75) is 0 Å². The van der Waals surface area contributed by atoms with Gasteiger partial charge in [0.2, 0.25) is 5.82 Å². The third-order valence-electron chi connectivity index (χ3n) is 0.983. The Hall–Kier alpha value is -1.36. The normalized spacial score (nSPS) is 9.55. The molecule has 1 aromatic rings. The minimum Gasteiger partial charge on any atom is -0.363 e. The average Bonchev–Trinajstić information content (AvgIpc) is 1.85. The maximum absolute atomic E-state index is 10.1. The van der Waals surface area contributed by atoms with Crippen LogP contribution in [0, 0.1) is 10.1 Å². The van der Waals surface area contributed by atoms with Crippen molar-refractivity contribution in [3.63, 3.8) is 0 Å². The number of halogens is 1. The minimum absolute atomic E-state index is 0.0456. The smallest absolute Gasteiger partial charge is 0.363 e. The highest BCUT2D eigenvalue weighted by molar-refractivity contribution is 6.30. The van der Waals surface area contributed by atoms with Gasteiger partial charge in [-0.05, 0) is 9.91 Å². The molecular formula is C5H4ClN3O2. The Morgan fingerprint density at radius 2 is 2.27 bits per heavy atom. The third kappa shape index (κ3) is 1.78. The van der Waals surface area contributed by atoms with Crippen molar-refractivity contribution in [1.29, 1.82) is 0 Å². The number of nitrogen functional groups attached to an aromatic ring is 1. The molecule has 11 heavy (non-hydrogen) atoms. The zero-order valence-electron chi connectivity index (χ0n) is 5.32. The van der Waals surface area contributed by atoms with Crippen molar-refractivity contribution in [2.24, 2.45) is 0 Å². The minimum atomic E-state index is -0.651. The molecule has 1 aromatic heterocycles. The lowest BCUT2D eigenvalue weighted by atomic mass is 10.4. The summed E-state index contributed by atoms with van der Waals surface area (Å²) in [7, 11) is 0. The second kappa shape index (κ2) is 2.71. The Morgan fingerprint density at radius 3 is 2.73 bits per heavy atom. The summed E-state index contributed by atoms with van der Waals surface area (Å²) in [4.78, 5) is 12.9. The van der Waals surface area contributed by atoms with Crippen LogP contribution in [-0.4, -0.2) is 9.91 Å². The zero-order chi connectivity index (χ0) is 8.43. The standard InChI is InChI=1S/C5H4ClN3O2/c6-3-1-4(7)8-5(2-3)9(10)11/h1-2H,(H2,7,8). The molecule has 5 nitrogen and oxygen atoms in total. The fourth-order valence-electron chi connectivity index (χ4n) is 0.597. The van der Waals surface area contributed by atoms with Crippen LogP contribution in [0.15, 0.2) is 12.1 Å². The van der Waals surface area contributed by atoms with Gasteiger partial charge in [-0.3, -0.25) is 0 Å². The summed E-state index contributed by atoms with van der Waals surface area (Å²) >= 11 is 5.47. The summed E-state index contributed by atoms with van der Waals surface area (Å²) in [5.74, 6) is -0.292. The number of hydrogen-bond acceptors (Lipinski definition) is 4. The van der Waals surface area contributed by atoms with E-state index in [1.54, 1.807) is 0 Å². The molecule has 0 unspecified atom stereocenters. The fraction of sp³-hybridized carbons (Fsp3) is 0. The molecule has 58 valence electrons. The number of anilines is 1. The molecule has 2 N–H and O–H groups in total. The average molecular weight is 174 g/mol. The van der Waals surface area contributed by atoms with Crippen molar-refractivity contribution >= 4 is 23.2 Å². The van der Waals surface area contributed by atoms with Crippen LogP contribution in [0.2, 0.25) is 5.02 Å². The summed E-state index contributed by atoms with van der Waals surface area (Å²) in [5, 5.41) is 10.3. The van der Waals surface area contributed by atoms with Gasteiger partial charge in [-0.2, -0.15) is 0 Å². The topological polar surface area (TPSA) is 82.0 Å². The molecule has 6 heteroatoms. The lowest BCUT2D eigenvalue weighted by Crippen LogP contribution is -1.96. The van der Waals surface area contributed by atoms with Crippen LogP contribution >= 0.6 is 11.6 Å². The molecule has 0 radical (unpaired) electrons. The van der Waals surface area contributed by atoms with E-state index in [4.69, 9.17) is 17.3 Å². The summed E-state index contributed by atoms with van der Waals surface area (Å²) in [6, 6.07) is 2.48. The van der Waals surface area contributed by atoms with Crippen LogP contribution in [0.3, 0.4) is 0 Å². The Balaban J connectivity index is 3.19. The van der Waals surface area contributed by atoms with Gasteiger partial charge in [-0.25, -0.2) is 0 Å². The molecule has 0 aliphatic heterocycles. The Labute approximate surface area is 66.9 Å². The molecule has 0 aromatic carbocycles. The van der Waals surface area contributed by atoms with E-state index in [0.29, 0.717) is 0 Å². The van der Waals surface area contributed by atoms with Gasteiger partial charge < -0.3 is 15.8 Å². The molecule has 0 saturated heterocycles. The molecule has 0 atom stereocenters. The number of nitrogens with zero attached hydrogens (tertiary/aromatic N) is 2. The van der Waals surface area contributed by atoms with Gasteiger partial charge in [0.15, 0.2) is 0 Å². The van der Waals surface area contributed by atoms with E-state index in [0.717, 1.165) is 6.07 Å². The predicted octanol–water partition coefficient (Wildman–Crippen LogP) is 1.23. The molecule has 0 saturated carbocycles. The summed E-state index contributed by atoms with van der Waals surface area (Å²) in [6.45, 7) is 0. The van der Waals surface area contributed by atoms with Crippen LogP contribution in [0.1, 0.15) is 0 Å². The predicted molar refractivity (Wildman–Crippen MR) is 40.3 cm³/mol. The van der Waals surface area contributed by atoms with Crippen LogP contribution in [0.4, 0.5) is 11.6 Å². The Morgan fingerprint density at radius 1 is 1.64 bits per heavy atom. The number of aromatic nitrogens is 1. The van der Waals surface area contributed by atoms with Crippen molar-refractivity contribution in [2.75, 3.05) is 5.73 Å². The van der Waals surface area contributed by atoms with Gasteiger partial charge in [-0.1, -0.05) is 11.6 Å². The molecule has 1 heterocycles. The SMILES string of the molecule is Nc1cc(Cl)cc([N+](=O)[O-])n1. The molecule has 0 fully saturated rings. The van der Waals surface area contributed by atoms with Crippen LogP contribution < -0.4 is 5.73 Å². The zero-order valence-corrected chi connectivity index (χ0v) is 6.08. The van der Waals surface area contributed by atoms with Gasteiger partial charge in [0, 0.05) is 6.07 Å². The lowest BCUT2D eigenvalue weighted by Gasteiger charge is -1.92. The highest BCUT2D eigenvalue weighted by Crippen LogP contribution is 2.17. The summed E-state index contributed by atoms with van der Waals surface area (Å²) < 4.78 is 0. The van der Waals surface area contributed by atoms with Crippen LogP contribution in [0.25, 0.3) is 0 Å². The maximum atomic E-state index is 10.1. The maximum Gasteiger partial charge on any atom is 0.367 e. The van der Waals surface area contributed by atoms with Gasteiger partial charge >= 0.3 is 5.82 Å². The van der Waals surface area contributed by atoms with Gasteiger partial charge in [-0.15, -0.1) is 0 Å². The van der Waals surface area contributed by atoms with Crippen molar-refractivity contribution in [1.82, 2.24) is 4.98 Å². The first-order valence-corrected chi connectivity index (χ1v) is 3.05. The molecule has 1 rings (SSSR count). The first-order chi connectivity index (χ1) is 5.09. The molecule has 0 aliphatic carbocycles. The van der Waals surface area contributed by atoms with Gasteiger partial charge in [0.25, 0.3) is 0 Å². The van der Waals surface area contributed by atoms with Crippen LogP contribution in [0.5, 0.6) is 0 Å². The van der Waals surface area contributed by atoms with E-state index in [9.17, 15) is 10.1 Å². The van der Waals surface area contributed by atoms with Gasteiger partial charge in [0.05, 0.1) is 11.1 Å². The Bertz CT molecular complexity index is 282. The fourth-order valence-corrected chi connectivity index (χ4v) is 0.806. The highest BCUT2D eigenvalue weighted by atomic mass is 35.5. The molecule has 0 aliphatic rings. The summed E-state index contributed by atoms with van der Waals surface area (Å²) in [5.41, 5.74) is 5.20. The number of pyridine rings is 1. The molecule has 0 amide bonds. The first kappa shape index (κ1) is 7.74. The molecule has 0 spiro atoms. The number of rotatable bonds is 1. The van der Waals surface area contributed by atoms with Crippen molar-refractivity contribution in [3.8, 4) is 0 Å². The van der Waals surface area contributed by atoms with Crippen molar-refractivity contribution in [3.05, 3.63) is 27.3 Å². The van der Waals surface area contributed by atoms with Crippen molar-refractivity contribution < 1.29 is 4.92 Å². The van der Waals surface area contributed by atoms with E-state index in [-0.39, 0.29) is 16.7 Å². The van der Waals surface area contributed by atoms with Gasteiger partial charge in [0.1, 0.15) is 0 Å². The second-order valence-corrected chi connectivity index (χ2v) is 2.26. The number of nitro groups is 1. The Kier molecular flexibility index (Phi) is 1.91. The van der Waals surface area contributed by atoms with E-state index in [1.807, 2.05) is 0 Å². The molecular weight excluding hydrogens is 170 g/mol. The summed E-state index contributed by atoms with van der Waals surface area (Å²) in [6.07, 6.45) is 0. The number of hydrogen-bond donors (Lipinski definition) is 1. The van der Waals surface area contributed by atoms with E-state index in [2.05, 4.69) is 4.98 Å². The first-order valence-electron chi connectivity index (χ1n) is 2.67. The highest BCUT2D eigenvalue weighted by Gasteiger charge is 2.09. The third-order valence-corrected chi connectivity index (χ3v) is 1.20. The van der Waals surface area contributed by atoms with E-state index >= 15 is 0 Å². The van der Waals surface area contributed by atoms with Crippen LogP contribution in [-0.2, 0) is 0 Å². The monoisotopic (exact) mass is 173 g/mol. The number of nitrogens with two attached hydrogens (primary N) is 1. The van der Waals surface area contributed by atoms with E-state index in [1.165, 1.54) is 6.07 Å². The van der Waals surface area contributed by atoms with E-state index < -0.39 is 4.92 Å². The largest absolute Gasteiger partial charge is 0.367 e. The second-order valence-electron chi connectivity index (χ2n) is 1.83.